The monoisotopic (exact) mass is 439 g/mol. The van der Waals surface area contributed by atoms with Crippen LogP contribution < -0.4 is 16.0 Å². The van der Waals surface area contributed by atoms with Crippen molar-refractivity contribution in [3.05, 3.63) is 0 Å². The van der Waals surface area contributed by atoms with Gasteiger partial charge in [0.05, 0.1) is 0 Å². The fourth-order valence-corrected chi connectivity index (χ4v) is 2.40. The van der Waals surface area contributed by atoms with Gasteiger partial charge in [-0.1, -0.05) is 0 Å². The molecule has 0 radical (unpaired) electrons. The molecule has 3 N–H and O–H groups in total. The number of halogens is 1. The maximum absolute atomic E-state index is 11.8. The van der Waals surface area contributed by atoms with Gasteiger partial charge in [0, 0.05) is 24.7 Å². The van der Waals surface area contributed by atoms with Crippen molar-refractivity contribution in [3.63, 3.8) is 0 Å². The van der Waals surface area contributed by atoms with Crippen LogP contribution in [0.3, 0.4) is 0 Å². The maximum Gasteiger partial charge on any atom is 0.242 e. The Morgan fingerprint density at radius 3 is 2.30 bits per heavy atom. The van der Waals surface area contributed by atoms with Gasteiger partial charge in [-0.05, 0) is 60.5 Å². The van der Waals surface area contributed by atoms with Crippen LogP contribution >= 0.6 is 24.0 Å². The molecule has 136 valence electrons. The van der Waals surface area contributed by atoms with Crippen molar-refractivity contribution < 1.29 is 4.79 Å². The second kappa shape index (κ2) is 10.3. The smallest absolute Gasteiger partial charge is 0.242 e. The van der Waals surface area contributed by atoms with Crippen molar-refractivity contribution in [2.45, 2.75) is 52.1 Å². The van der Waals surface area contributed by atoms with Crippen LogP contribution in [0.4, 0.5) is 0 Å². The van der Waals surface area contributed by atoms with Gasteiger partial charge in [-0.3, -0.25) is 4.79 Å². The highest BCUT2D eigenvalue weighted by molar-refractivity contribution is 14.0. The summed E-state index contributed by atoms with van der Waals surface area (Å²) >= 11 is 0. The minimum absolute atomic E-state index is 0. The van der Waals surface area contributed by atoms with Crippen LogP contribution in [0.1, 0.15) is 40.5 Å². The van der Waals surface area contributed by atoms with Crippen LogP contribution in [0, 0.1) is 5.92 Å². The largest absolute Gasteiger partial charge is 0.357 e. The highest BCUT2D eigenvalue weighted by atomic mass is 127. The Bertz CT molecular complexity index is 386. The van der Waals surface area contributed by atoms with Gasteiger partial charge >= 0.3 is 0 Å². The predicted molar refractivity (Wildman–Crippen MR) is 107 cm³/mol. The molecule has 0 bridgehead atoms. The number of likely N-dealkylation sites (N-methyl/N-ethyl adjacent to an activating group) is 1. The molecular formula is C16H34IN5O. The number of guanidine groups is 1. The van der Waals surface area contributed by atoms with E-state index in [1.165, 1.54) is 12.8 Å². The first-order chi connectivity index (χ1) is 10.2. The van der Waals surface area contributed by atoms with E-state index in [1.807, 2.05) is 27.7 Å². The van der Waals surface area contributed by atoms with Gasteiger partial charge in [-0.25, -0.2) is 4.99 Å². The van der Waals surface area contributed by atoms with E-state index < -0.39 is 0 Å². The summed E-state index contributed by atoms with van der Waals surface area (Å²) in [6.45, 7) is 9.70. The quantitative estimate of drug-likeness (QED) is 0.319. The van der Waals surface area contributed by atoms with E-state index >= 15 is 0 Å². The molecule has 1 amide bonds. The zero-order valence-electron chi connectivity index (χ0n) is 15.4. The summed E-state index contributed by atoms with van der Waals surface area (Å²) in [4.78, 5) is 18.5. The average molecular weight is 439 g/mol. The molecule has 1 aliphatic carbocycles. The predicted octanol–water partition coefficient (Wildman–Crippen LogP) is 1.41. The standard InChI is InChI=1S/C16H33N5O.HI/c1-7-17-15(19-11-14(22)20-16(2,3)4)18-10-13(21(5)6)12-8-9-12;/h12-13H,7-11H2,1-6H3,(H,20,22)(H2,17,18,19);1H. The zero-order valence-corrected chi connectivity index (χ0v) is 17.7. The number of rotatable bonds is 7. The molecule has 1 fully saturated rings. The number of carbonyl (C=O) groups is 1. The van der Waals surface area contributed by atoms with Crippen molar-refractivity contribution in [1.82, 2.24) is 20.9 Å². The Hall–Kier alpha value is -0.570. The lowest BCUT2D eigenvalue weighted by atomic mass is 10.1. The molecule has 0 heterocycles. The minimum Gasteiger partial charge on any atom is -0.357 e. The number of hydrogen-bond acceptors (Lipinski definition) is 3. The van der Waals surface area contributed by atoms with Crippen LogP contribution in [0.25, 0.3) is 0 Å². The summed E-state index contributed by atoms with van der Waals surface area (Å²) in [5.41, 5.74) is -0.222. The molecule has 0 spiro atoms. The van der Waals surface area contributed by atoms with Crippen molar-refractivity contribution in [2.75, 3.05) is 33.7 Å². The molecule has 0 aromatic heterocycles. The summed E-state index contributed by atoms with van der Waals surface area (Å²) in [7, 11) is 4.23. The molecule has 0 aliphatic heterocycles. The number of nitrogens with zero attached hydrogens (tertiary/aromatic N) is 2. The summed E-state index contributed by atoms with van der Waals surface area (Å²) in [5.74, 6) is 1.43. The van der Waals surface area contributed by atoms with Crippen molar-refractivity contribution in [2.24, 2.45) is 10.9 Å². The Labute approximate surface area is 158 Å². The van der Waals surface area contributed by atoms with Gasteiger partial charge in [-0.2, -0.15) is 0 Å². The summed E-state index contributed by atoms with van der Waals surface area (Å²) in [5, 5.41) is 9.47. The Morgan fingerprint density at radius 2 is 1.87 bits per heavy atom. The first kappa shape index (κ1) is 22.4. The molecule has 1 atom stereocenters. The lowest BCUT2D eigenvalue weighted by Gasteiger charge is -2.25. The fourth-order valence-electron chi connectivity index (χ4n) is 2.40. The topological polar surface area (TPSA) is 68.8 Å². The van der Waals surface area contributed by atoms with Crippen molar-refractivity contribution in [3.8, 4) is 0 Å². The van der Waals surface area contributed by atoms with Crippen LogP contribution in [-0.2, 0) is 4.79 Å². The number of hydrogen-bond donors (Lipinski definition) is 3. The summed E-state index contributed by atoms with van der Waals surface area (Å²) < 4.78 is 0. The first-order valence-corrected chi connectivity index (χ1v) is 8.22. The molecule has 1 rings (SSSR count). The Morgan fingerprint density at radius 1 is 1.26 bits per heavy atom. The zero-order chi connectivity index (χ0) is 16.8. The normalized spacial score (nSPS) is 16.6. The second-order valence-electron chi connectivity index (χ2n) is 7.24. The van der Waals surface area contributed by atoms with Crippen LogP contribution in [-0.4, -0.2) is 62.1 Å². The van der Waals surface area contributed by atoms with Crippen LogP contribution in [0.5, 0.6) is 0 Å². The van der Waals surface area contributed by atoms with Crippen molar-refractivity contribution >= 4 is 35.8 Å². The van der Waals surface area contributed by atoms with Gasteiger partial charge in [0.25, 0.3) is 0 Å². The van der Waals surface area contributed by atoms with Gasteiger partial charge < -0.3 is 20.9 Å². The molecule has 0 saturated heterocycles. The Balaban J connectivity index is 0.00000484. The molecule has 23 heavy (non-hydrogen) atoms. The van der Waals surface area contributed by atoms with E-state index in [9.17, 15) is 4.79 Å². The molecular weight excluding hydrogens is 405 g/mol. The second-order valence-corrected chi connectivity index (χ2v) is 7.24. The molecule has 6 nitrogen and oxygen atoms in total. The highest BCUT2D eigenvalue weighted by Crippen LogP contribution is 2.34. The van der Waals surface area contributed by atoms with Crippen molar-refractivity contribution in [1.29, 1.82) is 0 Å². The molecule has 1 saturated carbocycles. The molecule has 7 heteroatoms. The van der Waals surface area contributed by atoms with Crippen LogP contribution in [0.15, 0.2) is 4.99 Å². The van der Waals surface area contributed by atoms with E-state index in [-0.39, 0.29) is 42.0 Å². The summed E-state index contributed by atoms with van der Waals surface area (Å²) in [6.07, 6.45) is 2.62. The van der Waals surface area contributed by atoms with Crippen LogP contribution in [0.2, 0.25) is 0 Å². The van der Waals surface area contributed by atoms with Gasteiger partial charge in [0.15, 0.2) is 5.96 Å². The average Bonchev–Trinajstić information content (AvgIpc) is 3.18. The van der Waals surface area contributed by atoms with E-state index in [4.69, 9.17) is 0 Å². The number of carbonyl (C=O) groups excluding carboxylic acids is 1. The maximum atomic E-state index is 11.8. The van der Waals surface area contributed by atoms with E-state index in [1.54, 1.807) is 0 Å². The third-order valence-corrected chi connectivity index (χ3v) is 3.55. The molecule has 1 unspecified atom stereocenters. The first-order valence-electron chi connectivity index (χ1n) is 8.22. The number of aliphatic imine (C=N–C) groups is 1. The van der Waals surface area contributed by atoms with E-state index in [2.05, 4.69) is 39.9 Å². The fraction of sp³-hybridized carbons (Fsp3) is 0.875. The van der Waals surface area contributed by atoms with E-state index in [0.29, 0.717) is 12.0 Å². The SMILES string of the molecule is CCNC(=NCC(=O)NC(C)(C)C)NCC(C1CC1)N(C)C.I. The molecule has 0 aromatic rings. The third-order valence-electron chi connectivity index (χ3n) is 3.55. The molecule has 1 aliphatic rings. The summed E-state index contributed by atoms with van der Waals surface area (Å²) in [6, 6.07) is 0.521. The van der Waals surface area contributed by atoms with E-state index in [0.717, 1.165) is 19.0 Å². The van der Waals surface area contributed by atoms with Gasteiger partial charge in [0.1, 0.15) is 6.54 Å². The lowest BCUT2D eigenvalue weighted by molar-refractivity contribution is -0.121. The Kier molecular flexibility index (Phi) is 10.1. The van der Waals surface area contributed by atoms with Gasteiger partial charge in [0.2, 0.25) is 5.91 Å². The third kappa shape index (κ3) is 10.0. The number of nitrogens with one attached hydrogen (secondary N) is 3. The number of amides is 1. The minimum atomic E-state index is -0.222. The lowest BCUT2D eigenvalue weighted by Crippen LogP contribution is -2.47. The highest BCUT2D eigenvalue weighted by Gasteiger charge is 2.32. The van der Waals surface area contributed by atoms with Gasteiger partial charge in [-0.15, -0.1) is 24.0 Å². The molecule has 0 aromatic carbocycles.